The Kier molecular flexibility index (Phi) is 3.06. The number of H-pyrrole nitrogens is 2. The number of Topliss-reactive ketones (excluding diaryl/α,β-unsaturated/α-hetero) is 1. The number of hydrogen-bond donors (Lipinski definition) is 3. The first-order valence-corrected chi connectivity index (χ1v) is 5.47. The highest BCUT2D eigenvalue weighted by atomic mass is 32.1. The molecular formula is C11H11N3O2S. The Labute approximate surface area is 102 Å². The molecule has 0 radical (unpaired) electrons. The molecule has 5 nitrogen and oxygen atoms in total. The van der Waals surface area contributed by atoms with Crippen LogP contribution in [0.5, 0.6) is 0 Å². The van der Waals surface area contributed by atoms with Crippen molar-refractivity contribution in [1.29, 1.82) is 0 Å². The first kappa shape index (κ1) is 11.5. The van der Waals surface area contributed by atoms with E-state index in [0.717, 1.165) is 11.0 Å². The SMILES string of the molecule is CC(=O)CC(=O)Nc1ccc2[nH]c(=S)[nH]c2c1. The van der Waals surface area contributed by atoms with Crippen LogP contribution in [0.2, 0.25) is 0 Å². The summed E-state index contributed by atoms with van der Waals surface area (Å²) < 4.78 is 0.534. The van der Waals surface area contributed by atoms with Gasteiger partial charge in [0.2, 0.25) is 5.91 Å². The van der Waals surface area contributed by atoms with E-state index in [0.29, 0.717) is 10.5 Å². The lowest BCUT2D eigenvalue weighted by atomic mass is 10.2. The molecule has 2 rings (SSSR count). The van der Waals surface area contributed by atoms with Crippen molar-refractivity contribution in [2.75, 3.05) is 5.32 Å². The predicted molar refractivity (Wildman–Crippen MR) is 67.4 cm³/mol. The summed E-state index contributed by atoms with van der Waals surface area (Å²) in [4.78, 5) is 28.1. The van der Waals surface area contributed by atoms with Gasteiger partial charge >= 0.3 is 0 Å². The van der Waals surface area contributed by atoms with Crippen molar-refractivity contribution < 1.29 is 9.59 Å². The number of amides is 1. The Morgan fingerprint density at radius 2 is 2.00 bits per heavy atom. The fraction of sp³-hybridized carbons (Fsp3) is 0.182. The number of rotatable bonds is 3. The molecule has 0 fully saturated rings. The summed E-state index contributed by atoms with van der Waals surface area (Å²) in [5.41, 5.74) is 2.32. The summed E-state index contributed by atoms with van der Waals surface area (Å²) in [7, 11) is 0. The van der Waals surface area contributed by atoms with Crippen molar-refractivity contribution in [3.63, 3.8) is 0 Å². The summed E-state index contributed by atoms with van der Waals surface area (Å²) in [5, 5.41) is 2.65. The Morgan fingerprint density at radius 3 is 2.71 bits per heavy atom. The number of aromatic nitrogens is 2. The van der Waals surface area contributed by atoms with E-state index < -0.39 is 0 Å². The van der Waals surface area contributed by atoms with E-state index in [2.05, 4.69) is 15.3 Å². The molecule has 0 atom stereocenters. The molecule has 1 aromatic carbocycles. The molecular weight excluding hydrogens is 238 g/mol. The molecule has 0 bridgehead atoms. The van der Waals surface area contributed by atoms with Gasteiger partial charge < -0.3 is 15.3 Å². The van der Waals surface area contributed by atoms with E-state index in [9.17, 15) is 9.59 Å². The smallest absolute Gasteiger partial charge is 0.231 e. The minimum atomic E-state index is -0.314. The van der Waals surface area contributed by atoms with Crippen LogP contribution >= 0.6 is 12.2 Å². The summed E-state index contributed by atoms with van der Waals surface area (Å²) >= 11 is 4.96. The second-order valence-corrected chi connectivity index (χ2v) is 4.17. The maximum Gasteiger partial charge on any atom is 0.231 e. The first-order valence-electron chi connectivity index (χ1n) is 5.06. The number of fused-ring (bicyclic) bond motifs is 1. The Balaban J connectivity index is 2.21. The molecule has 0 aliphatic carbocycles. The zero-order valence-corrected chi connectivity index (χ0v) is 9.98. The summed E-state index contributed by atoms with van der Waals surface area (Å²) in [5.74, 6) is -0.476. The lowest BCUT2D eigenvalue weighted by molar-refractivity contribution is -0.124. The van der Waals surface area contributed by atoms with Gasteiger partial charge in [-0.2, -0.15) is 0 Å². The average molecular weight is 249 g/mol. The Morgan fingerprint density at radius 1 is 1.29 bits per heavy atom. The van der Waals surface area contributed by atoms with Crippen LogP contribution in [0, 0.1) is 4.77 Å². The summed E-state index contributed by atoms with van der Waals surface area (Å²) in [6.07, 6.45) is -0.110. The van der Waals surface area contributed by atoms with Crippen LogP contribution in [0.1, 0.15) is 13.3 Å². The minimum absolute atomic E-state index is 0.110. The van der Waals surface area contributed by atoms with Gasteiger partial charge in [0.15, 0.2) is 4.77 Å². The second kappa shape index (κ2) is 4.50. The molecule has 0 aliphatic heterocycles. The van der Waals surface area contributed by atoms with Crippen LogP contribution in [0.25, 0.3) is 11.0 Å². The second-order valence-electron chi connectivity index (χ2n) is 3.77. The number of aromatic amines is 2. The Hall–Kier alpha value is -1.95. The third-order valence-electron chi connectivity index (χ3n) is 2.21. The molecule has 0 spiro atoms. The molecule has 3 N–H and O–H groups in total. The van der Waals surface area contributed by atoms with E-state index in [4.69, 9.17) is 12.2 Å². The standard InChI is InChI=1S/C11H11N3O2S/c1-6(15)4-10(16)12-7-2-3-8-9(5-7)14-11(17)13-8/h2-3,5H,4H2,1H3,(H,12,16)(H2,13,14,17). The fourth-order valence-corrected chi connectivity index (χ4v) is 1.76. The number of nitrogens with one attached hydrogen (secondary N) is 3. The maximum absolute atomic E-state index is 11.4. The van der Waals surface area contributed by atoms with Crippen molar-refractivity contribution in [1.82, 2.24) is 9.97 Å². The van der Waals surface area contributed by atoms with Crippen LogP contribution < -0.4 is 5.32 Å². The minimum Gasteiger partial charge on any atom is -0.331 e. The molecule has 0 unspecified atom stereocenters. The molecule has 6 heteroatoms. The number of benzene rings is 1. The van der Waals surface area contributed by atoms with Crippen molar-refractivity contribution in [3.05, 3.63) is 23.0 Å². The lowest BCUT2D eigenvalue weighted by Gasteiger charge is -2.03. The molecule has 1 amide bonds. The summed E-state index contributed by atoms with van der Waals surface area (Å²) in [6, 6.07) is 5.32. The van der Waals surface area contributed by atoms with Gasteiger partial charge in [-0.15, -0.1) is 0 Å². The Bertz CT molecular complexity index is 641. The van der Waals surface area contributed by atoms with Crippen LogP contribution in [0.15, 0.2) is 18.2 Å². The van der Waals surface area contributed by atoms with Crippen molar-refractivity contribution in [2.24, 2.45) is 0 Å². The molecule has 2 aromatic rings. The van der Waals surface area contributed by atoms with Crippen molar-refractivity contribution in [2.45, 2.75) is 13.3 Å². The van der Waals surface area contributed by atoms with Gasteiger partial charge in [-0.1, -0.05) is 0 Å². The van der Waals surface area contributed by atoms with Gasteiger partial charge in [-0.05, 0) is 37.3 Å². The quantitative estimate of drug-likeness (QED) is 0.576. The van der Waals surface area contributed by atoms with Gasteiger partial charge in [0.25, 0.3) is 0 Å². The zero-order chi connectivity index (χ0) is 12.4. The van der Waals surface area contributed by atoms with Crippen molar-refractivity contribution in [3.8, 4) is 0 Å². The predicted octanol–water partition coefficient (Wildman–Crippen LogP) is 2.14. The number of anilines is 1. The largest absolute Gasteiger partial charge is 0.331 e. The molecule has 0 saturated carbocycles. The highest BCUT2D eigenvalue weighted by Gasteiger charge is 2.06. The number of hydrogen-bond acceptors (Lipinski definition) is 3. The molecule has 1 heterocycles. The first-order chi connectivity index (χ1) is 8.04. The number of carbonyl (C=O) groups excluding carboxylic acids is 2. The van der Waals surface area contributed by atoms with Crippen LogP contribution in [-0.2, 0) is 9.59 Å². The third kappa shape index (κ3) is 2.79. The monoisotopic (exact) mass is 249 g/mol. The van der Waals surface area contributed by atoms with Gasteiger partial charge in [-0.3, -0.25) is 9.59 Å². The van der Waals surface area contributed by atoms with E-state index in [1.807, 2.05) is 6.07 Å². The maximum atomic E-state index is 11.4. The highest BCUT2D eigenvalue weighted by Crippen LogP contribution is 2.16. The fourth-order valence-electron chi connectivity index (χ4n) is 1.54. The molecule has 88 valence electrons. The number of carbonyl (C=O) groups is 2. The molecule has 0 saturated heterocycles. The topological polar surface area (TPSA) is 77.8 Å². The van der Waals surface area contributed by atoms with E-state index >= 15 is 0 Å². The van der Waals surface area contributed by atoms with E-state index in [1.165, 1.54) is 6.92 Å². The van der Waals surface area contributed by atoms with Crippen LogP contribution in [-0.4, -0.2) is 21.7 Å². The van der Waals surface area contributed by atoms with E-state index in [1.54, 1.807) is 12.1 Å². The number of ketones is 1. The molecule has 17 heavy (non-hydrogen) atoms. The van der Waals surface area contributed by atoms with E-state index in [-0.39, 0.29) is 18.1 Å². The highest BCUT2D eigenvalue weighted by molar-refractivity contribution is 7.71. The van der Waals surface area contributed by atoms with Crippen molar-refractivity contribution >= 4 is 40.6 Å². The van der Waals surface area contributed by atoms with Gasteiger partial charge in [0.1, 0.15) is 5.78 Å². The van der Waals surface area contributed by atoms with Crippen LogP contribution in [0.3, 0.4) is 0 Å². The third-order valence-corrected chi connectivity index (χ3v) is 2.41. The average Bonchev–Trinajstić information content (AvgIpc) is 2.55. The molecule has 1 aromatic heterocycles. The van der Waals surface area contributed by atoms with Crippen LogP contribution in [0.4, 0.5) is 5.69 Å². The summed E-state index contributed by atoms with van der Waals surface area (Å²) in [6.45, 7) is 1.38. The van der Waals surface area contributed by atoms with Gasteiger partial charge in [0, 0.05) is 5.69 Å². The number of imidazole rings is 1. The van der Waals surface area contributed by atoms with Gasteiger partial charge in [0.05, 0.1) is 17.5 Å². The van der Waals surface area contributed by atoms with Gasteiger partial charge in [-0.25, -0.2) is 0 Å². The normalized spacial score (nSPS) is 10.4. The lowest BCUT2D eigenvalue weighted by Crippen LogP contribution is -2.14. The molecule has 0 aliphatic rings. The zero-order valence-electron chi connectivity index (χ0n) is 9.16.